The van der Waals surface area contributed by atoms with Crippen molar-refractivity contribution in [2.75, 3.05) is 25.7 Å². The number of carboxylic acid groups (broad SMARTS) is 1. The van der Waals surface area contributed by atoms with Gasteiger partial charge in [0, 0.05) is 19.3 Å². The summed E-state index contributed by atoms with van der Waals surface area (Å²) in [5, 5.41) is 11.6. The number of hydrogen-bond acceptors (Lipinski definition) is 8. The number of hydrogen-bond donors (Lipinski definition) is 2. The van der Waals surface area contributed by atoms with Crippen LogP contribution in [-0.2, 0) is 28.4 Å². The molecule has 0 radical (unpaired) electrons. The summed E-state index contributed by atoms with van der Waals surface area (Å²) < 4.78 is 48.4. The Labute approximate surface area is 193 Å². The highest BCUT2D eigenvalue weighted by atomic mass is 32.7. The van der Waals surface area contributed by atoms with Gasteiger partial charge in [0.2, 0.25) is 6.49 Å². The number of rotatable bonds is 11. The van der Waals surface area contributed by atoms with E-state index < -0.39 is 46.7 Å². The Morgan fingerprint density at radius 3 is 2.31 bits per heavy atom. The molecule has 10 nitrogen and oxygen atoms in total. The number of benzene rings is 1. The Morgan fingerprint density at radius 1 is 1.25 bits per heavy atom. The van der Waals surface area contributed by atoms with Gasteiger partial charge in [0.1, 0.15) is 18.0 Å². The van der Waals surface area contributed by atoms with Gasteiger partial charge in [-0.25, -0.2) is 9.88 Å². The minimum Gasteiger partial charge on any atom is -0.480 e. The summed E-state index contributed by atoms with van der Waals surface area (Å²) in [5.74, 6) is -1.13. The Balaban J connectivity index is 2.85. The third-order valence-electron chi connectivity index (χ3n) is 3.88. The van der Waals surface area contributed by atoms with Crippen molar-refractivity contribution in [3.8, 4) is 0 Å². The molecule has 0 fully saturated rings. The molecular weight excluding hydrogens is 479 g/mol. The number of amides is 1. The second-order valence-electron chi connectivity index (χ2n) is 8.11. The number of aryl methyl sites for hydroxylation is 1. The van der Waals surface area contributed by atoms with Crippen molar-refractivity contribution in [3.63, 3.8) is 0 Å². The summed E-state index contributed by atoms with van der Waals surface area (Å²) in [6.07, 6.45) is -1.32. The van der Waals surface area contributed by atoms with E-state index in [-0.39, 0.29) is 17.2 Å². The Morgan fingerprint density at radius 2 is 1.81 bits per heavy atom. The Bertz CT molecular complexity index is 945. The highest BCUT2D eigenvalue weighted by Gasteiger charge is 2.31. The number of nitrogens with zero attached hydrogens (tertiary/aromatic N) is 1. The fourth-order valence-electron chi connectivity index (χ4n) is 2.13. The lowest BCUT2D eigenvalue weighted by molar-refractivity contribution is -0.138. The molecule has 2 atom stereocenters. The molecule has 1 amide bonds. The molecule has 0 bridgehead atoms. The van der Waals surface area contributed by atoms with Gasteiger partial charge >= 0.3 is 12.1 Å². The molecule has 0 aromatic heterocycles. The van der Waals surface area contributed by atoms with Crippen LogP contribution in [0.5, 0.6) is 0 Å². The highest BCUT2D eigenvalue weighted by molar-refractivity contribution is 8.57. The molecule has 0 heterocycles. The maximum Gasteiger partial charge on any atom is 0.410 e. The van der Waals surface area contributed by atoms with Crippen molar-refractivity contribution in [1.29, 1.82) is 0 Å². The molecule has 2 unspecified atom stereocenters. The molecule has 13 heteroatoms. The number of carbonyl (C=O) groups excluding carboxylic acids is 1. The van der Waals surface area contributed by atoms with Crippen LogP contribution in [0.3, 0.4) is 0 Å². The summed E-state index contributed by atoms with van der Waals surface area (Å²) in [6.45, 7) is 4.73. The maximum absolute atomic E-state index is 13.3. The van der Waals surface area contributed by atoms with E-state index in [1.165, 1.54) is 31.0 Å². The first-order valence-electron chi connectivity index (χ1n) is 9.69. The molecule has 2 N–H and O–H groups in total. The Kier molecular flexibility index (Phi) is 10.2. The van der Waals surface area contributed by atoms with Crippen LogP contribution in [0.1, 0.15) is 33.3 Å². The molecule has 32 heavy (non-hydrogen) atoms. The molecule has 1 aromatic rings. The lowest BCUT2D eigenvalue weighted by atomic mass is 10.2. The molecule has 0 aliphatic carbocycles. The second kappa shape index (κ2) is 11.5. The molecule has 0 spiro atoms. The second-order valence-corrected chi connectivity index (χ2v) is 14.8. The molecule has 0 aliphatic heterocycles. The van der Waals surface area contributed by atoms with Crippen molar-refractivity contribution in [2.45, 2.75) is 51.2 Å². The molecule has 182 valence electrons. The van der Waals surface area contributed by atoms with Crippen LogP contribution in [-0.4, -0.2) is 67.8 Å². The molecule has 1 aromatic carbocycles. The first-order chi connectivity index (χ1) is 14.5. The van der Waals surface area contributed by atoms with E-state index in [2.05, 4.69) is 5.09 Å². The van der Waals surface area contributed by atoms with Gasteiger partial charge in [0.15, 0.2) is 0 Å². The van der Waals surface area contributed by atoms with Crippen molar-refractivity contribution in [3.05, 3.63) is 29.8 Å². The van der Waals surface area contributed by atoms with E-state index in [1.54, 1.807) is 39.8 Å². The van der Waals surface area contributed by atoms with Crippen molar-refractivity contribution in [1.82, 2.24) is 9.99 Å². The molecular formula is C19H31N2O8PS2. The highest BCUT2D eigenvalue weighted by Crippen LogP contribution is 2.55. The average Bonchev–Trinajstić information content (AvgIpc) is 2.65. The summed E-state index contributed by atoms with van der Waals surface area (Å²) >= 11 is 0.814. The average molecular weight is 511 g/mol. The zero-order valence-electron chi connectivity index (χ0n) is 19.0. The van der Waals surface area contributed by atoms with Crippen LogP contribution in [0.25, 0.3) is 0 Å². The molecule has 0 saturated heterocycles. The van der Waals surface area contributed by atoms with Gasteiger partial charge < -0.3 is 14.7 Å². The minimum atomic E-state index is -4.20. The van der Waals surface area contributed by atoms with Gasteiger partial charge in [0.05, 0.1) is 4.90 Å². The van der Waals surface area contributed by atoms with Crippen LogP contribution >= 0.6 is 17.9 Å². The maximum atomic E-state index is 13.3. The summed E-state index contributed by atoms with van der Waals surface area (Å²) in [7, 11) is -2.69. The van der Waals surface area contributed by atoms with Crippen LogP contribution in [0, 0.1) is 6.92 Å². The van der Waals surface area contributed by atoms with E-state index in [0.29, 0.717) is 0 Å². The predicted molar refractivity (Wildman–Crippen MR) is 123 cm³/mol. The standard InChI is InChI=1S/C19H31N2O8PS2/c1-14-7-9-16(10-8-14)32(26,27)28-13-30(25,20-15(2)17(22)23)31-12-11-21(6)18(24)29-19(3,4)5/h7-10,15H,11-13H2,1-6H3,(H,20,25)(H,22,23). The number of carbonyl (C=O) groups is 2. The largest absolute Gasteiger partial charge is 0.480 e. The summed E-state index contributed by atoms with van der Waals surface area (Å²) in [4.78, 5) is 24.4. The first kappa shape index (κ1) is 28.4. The summed E-state index contributed by atoms with van der Waals surface area (Å²) in [5.41, 5.74) is 0.181. The van der Waals surface area contributed by atoms with E-state index >= 15 is 0 Å². The van der Waals surface area contributed by atoms with Crippen LogP contribution in [0.15, 0.2) is 29.2 Å². The lowest BCUT2D eigenvalue weighted by Gasteiger charge is -2.25. The minimum absolute atomic E-state index is 0.101. The third-order valence-corrected chi connectivity index (χ3v) is 9.80. The quantitative estimate of drug-likeness (QED) is 0.336. The predicted octanol–water partition coefficient (Wildman–Crippen LogP) is 3.51. The lowest BCUT2D eigenvalue weighted by Crippen LogP contribution is -2.35. The van der Waals surface area contributed by atoms with Gasteiger partial charge in [-0.3, -0.25) is 13.5 Å². The van der Waals surface area contributed by atoms with E-state index in [4.69, 9.17) is 14.0 Å². The van der Waals surface area contributed by atoms with Crippen molar-refractivity contribution < 1.29 is 36.6 Å². The topological polar surface area (TPSA) is 139 Å². The van der Waals surface area contributed by atoms with Crippen molar-refractivity contribution >= 4 is 40.1 Å². The third kappa shape index (κ3) is 9.91. The molecule has 0 saturated carbocycles. The van der Waals surface area contributed by atoms with Crippen LogP contribution in [0.4, 0.5) is 4.79 Å². The SMILES string of the molecule is Cc1ccc(S(=O)(=O)OCP(=O)(NC(C)C(=O)O)SCCN(C)C(=O)OC(C)(C)C)cc1. The first-order valence-corrected chi connectivity index (χ1v) is 14.6. The van der Waals surface area contributed by atoms with Gasteiger partial charge in [-0.05, 0) is 46.8 Å². The van der Waals surface area contributed by atoms with Crippen LogP contribution < -0.4 is 5.09 Å². The monoisotopic (exact) mass is 510 g/mol. The molecule has 1 rings (SSSR count). The number of nitrogens with one attached hydrogen (secondary N) is 1. The summed E-state index contributed by atoms with van der Waals surface area (Å²) in [6, 6.07) is 4.73. The normalized spacial score (nSPS) is 14.9. The Hall–Kier alpha value is -1.59. The number of aliphatic carboxylic acids is 1. The van der Waals surface area contributed by atoms with Gasteiger partial charge in [-0.15, -0.1) is 0 Å². The molecule has 0 aliphatic rings. The number of ether oxygens (including phenoxy) is 1. The fourth-order valence-corrected chi connectivity index (χ4v) is 7.86. The smallest absolute Gasteiger partial charge is 0.410 e. The van der Waals surface area contributed by atoms with E-state index in [0.717, 1.165) is 16.9 Å². The van der Waals surface area contributed by atoms with Crippen LogP contribution in [0.2, 0.25) is 0 Å². The van der Waals surface area contributed by atoms with E-state index in [1.807, 2.05) is 0 Å². The van der Waals surface area contributed by atoms with E-state index in [9.17, 15) is 22.6 Å². The zero-order valence-corrected chi connectivity index (χ0v) is 21.6. The number of carboxylic acids is 1. The fraction of sp³-hybridized carbons (Fsp3) is 0.579. The van der Waals surface area contributed by atoms with Crippen molar-refractivity contribution in [2.24, 2.45) is 0 Å². The van der Waals surface area contributed by atoms with Gasteiger partial charge in [-0.1, -0.05) is 29.1 Å². The van der Waals surface area contributed by atoms with Gasteiger partial charge in [0.25, 0.3) is 10.1 Å². The van der Waals surface area contributed by atoms with Gasteiger partial charge in [-0.2, -0.15) is 8.42 Å². The zero-order chi connectivity index (χ0) is 24.7.